The first-order valence-electron chi connectivity index (χ1n) is 8.74. The number of allylic oxidation sites excluding steroid dienone is 2. The maximum Gasteiger partial charge on any atom is 0.171 e. The Hall–Kier alpha value is -1.13. The van der Waals surface area contributed by atoms with Gasteiger partial charge < -0.3 is 14.2 Å². The molecular formula is C19H30O4. The minimum absolute atomic E-state index is 0.181. The summed E-state index contributed by atoms with van der Waals surface area (Å²) in [7, 11) is 3.27. The molecule has 0 aromatic heterocycles. The van der Waals surface area contributed by atoms with Crippen LogP contribution < -0.4 is 0 Å². The fourth-order valence-electron chi connectivity index (χ4n) is 3.52. The van der Waals surface area contributed by atoms with Crippen LogP contribution in [-0.4, -0.2) is 32.9 Å². The molecule has 0 N–H and O–H groups in total. The molecule has 0 heterocycles. The van der Waals surface area contributed by atoms with E-state index >= 15 is 0 Å². The summed E-state index contributed by atoms with van der Waals surface area (Å²) in [5.74, 6) is 0.949. The van der Waals surface area contributed by atoms with Gasteiger partial charge in [-0.3, -0.25) is 4.79 Å². The quantitative estimate of drug-likeness (QED) is 0.729. The van der Waals surface area contributed by atoms with Crippen LogP contribution in [0.1, 0.15) is 58.3 Å². The van der Waals surface area contributed by atoms with Crippen LogP contribution in [-0.2, 0) is 19.0 Å². The first kappa shape index (κ1) is 18.2. The molecule has 0 spiro atoms. The zero-order chi connectivity index (χ0) is 16.7. The van der Waals surface area contributed by atoms with Crippen molar-refractivity contribution in [3.05, 3.63) is 23.5 Å². The summed E-state index contributed by atoms with van der Waals surface area (Å²) in [6, 6.07) is 0. The molecular weight excluding hydrogens is 292 g/mol. The number of rotatable bonds is 4. The van der Waals surface area contributed by atoms with Gasteiger partial charge in [0.2, 0.25) is 0 Å². The lowest BCUT2D eigenvalue weighted by molar-refractivity contribution is -0.126. The van der Waals surface area contributed by atoms with Crippen molar-refractivity contribution in [3.63, 3.8) is 0 Å². The van der Waals surface area contributed by atoms with Gasteiger partial charge in [0, 0.05) is 12.7 Å². The fourth-order valence-corrected chi connectivity index (χ4v) is 3.52. The van der Waals surface area contributed by atoms with Gasteiger partial charge in [0.05, 0.1) is 18.6 Å². The Bertz CT molecular complexity index is 466. The normalized spacial score (nSPS) is 29.9. The van der Waals surface area contributed by atoms with Crippen molar-refractivity contribution < 1.29 is 19.0 Å². The third-order valence-corrected chi connectivity index (χ3v) is 4.92. The number of Topliss-reactive ketones (excluding diaryl/α,β-unsaturated/α-hetero) is 1. The van der Waals surface area contributed by atoms with E-state index in [-0.39, 0.29) is 18.7 Å². The average Bonchev–Trinajstić information content (AvgIpc) is 2.55. The SMILES string of the molecule is COCO[C@H]1CCCCCCCC[C@]2(C)C=C(OC)C=C1C2=O. The van der Waals surface area contributed by atoms with Crippen LogP contribution in [0, 0.1) is 5.41 Å². The van der Waals surface area contributed by atoms with E-state index in [0.29, 0.717) is 0 Å². The number of carbonyl (C=O) groups excluding carboxylic acids is 1. The third-order valence-electron chi connectivity index (χ3n) is 4.92. The number of carbonyl (C=O) groups is 1. The van der Waals surface area contributed by atoms with Gasteiger partial charge in [-0.2, -0.15) is 0 Å². The van der Waals surface area contributed by atoms with Gasteiger partial charge in [0.25, 0.3) is 0 Å². The van der Waals surface area contributed by atoms with Gasteiger partial charge in [-0.15, -0.1) is 0 Å². The van der Waals surface area contributed by atoms with Gasteiger partial charge >= 0.3 is 0 Å². The highest BCUT2D eigenvalue weighted by Crippen LogP contribution is 2.38. The Morgan fingerprint density at radius 2 is 1.83 bits per heavy atom. The number of ether oxygens (including phenoxy) is 3. The van der Waals surface area contributed by atoms with Gasteiger partial charge in [0.15, 0.2) is 5.78 Å². The van der Waals surface area contributed by atoms with E-state index in [1.165, 1.54) is 25.7 Å². The molecule has 2 rings (SSSR count). The molecule has 4 heteroatoms. The molecule has 23 heavy (non-hydrogen) atoms. The topological polar surface area (TPSA) is 44.8 Å². The van der Waals surface area contributed by atoms with E-state index in [1.807, 2.05) is 19.1 Å². The summed E-state index contributed by atoms with van der Waals surface area (Å²) in [4.78, 5) is 13.1. The lowest BCUT2D eigenvalue weighted by Crippen LogP contribution is -2.36. The van der Waals surface area contributed by atoms with Crippen LogP contribution in [0.25, 0.3) is 0 Å². The van der Waals surface area contributed by atoms with Gasteiger partial charge in [-0.25, -0.2) is 0 Å². The molecule has 0 amide bonds. The van der Waals surface area contributed by atoms with Crippen molar-refractivity contribution in [2.75, 3.05) is 21.0 Å². The van der Waals surface area contributed by atoms with Gasteiger partial charge in [0.1, 0.15) is 12.6 Å². The molecule has 2 atom stereocenters. The first-order chi connectivity index (χ1) is 11.1. The Morgan fingerprint density at radius 1 is 1.13 bits per heavy atom. The van der Waals surface area contributed by atoms with Gasteiger partial charge in [-0.1, -0.05) is 38.5 Å². The Morgan fingerprint density at radius 3 is 2.52 bits per heavy atom. The van der Waals surface area contributed by atoms with E-state index < -0.39 is 5.41 Å². The maximum atomic E-state index is 13.1. The monoisotopic (exact) mass is 322 g/mol. The molecule has 2 aliphatic rings. The minimum atomic E-state index is -0.483. The second kappa shape index (κ2) is 8.65. The van der Waals surface area contributed by atoms with Crippen LogP contribution in [0.4, 0.5) is 0 Å². The smallest absolute Gasteiger partial charge is 0.171 e. The largest absolute Gasteiger partial charge is 0.497 e. The number of hydrogen-bond donors (Lipinski definition) is 0. The molecule has 2 aliphatic carbocycles. The number of fused-ring (bicyclic) bond motifs is 2. The zero-order valence-electron chi connectivity index (χ0n) is 14.7. The first-order valence-corrected chi connectivity index (χ1v) is 8.74. The van der Waals surface area contributed by atoms with E-state index in [9.17, 15) is 4.79 Å². The van der Waals surface area contributed by atoms with Crippen LogP contribution in [0.15, 0.2) is 23.5 Å². The highest BCUT2D eigenvalue weighted by Gasteiger charge is 2.39. The van der Waals surface area contributed by atoms with Crippen LogP contribution in [0.5, 0.6) is 0 Å². The number of hydrogen-bond acceptors (Lipinski definition) is 4. The van der Waals surface area contributed by atoms with Crippen molar-refractivity contribution in [1.29, 1.82) is 0 Å². The molecule has 2 bridgehead atoms. The van der Waals surface area contributed by atoms with Crippen molar-refractivity contribution >= 4 is 5.78 Å². The maximum absolute atomic E-state index is 13.1. The van der Waals surface area contributed by atoms with E-state index in [2.05, 4.69) is 0 Å². The van der Waals surface area contributed by atoms with E-state index in [4.69, 9.17) is 14.2 Å². The predicted molar refractivity (Wildman–Crippen MR) is 90.0 cm³/mol. The summed E-state index contributed by atoms with van der Waals surface area (Å²) in [6.45, 7) is 2.23. The minimum Gasteiger partial charge on any atom is -0.497 e. The molecule has 0 unspecified atom stereocenters. The standard InChI is InChI=1S/C19H30O4/c1-19-11-9-7-5-4-6-8-10-17(23-14-21-2)16(18(19)20)12-15(13-19)22-3/h12-13,17H,4-11,14H2,1-3H3/t17-,19+/m0/s1. The average molecular weight is 322 g/mol. The van der Waals surface area contributed by atoms with Crippen LogP contribution in [0.2, 0.25) is 0 Å². The van der Waals surface area contributed by atoms with Crippen LogP contribution in [0.3, 0.4) is 0 Å². The Balaban J connectivity index is 2.30. The van der Waals surface area contributed by atoms with Crippen molar-refractivity contribution in [1.82, 2.24) is 0 Å². The molecule has 130 valence electrons. The molecule has 1 saturated carbocycles. The Kier molecular flexibility index (Phi) is 6.85. The molecule has 4 nitrogen and oxygen atoms in total. The zero-order valence-corrected chi connectivity index (χ0v) is 14.7. The summed E-state index contributed by atoms with van der Waals surface area (Å²) in [5.41, 5.74) is 0.257. The second-order valence-corrected chi connectivity index (χ2v) is 6.82. The highest BCUT2D eigenvalue weighted by atomic mass is 16.7. The summed E-state index contributed by atoms with van der Waals surface area (Å²) < 4.78 is 16.4. The van der Waals surface area contributed by atoms with Crippen molar-refractivity contribution in [2.24, 2.45) is 5.41 Å². The highest BCUT2D eigenvalue weighted by molar-refractivity contribution is 6.03. The summed E-state index contributed by atoms with van der Waals surface area (Å²) in [6.07, 6.45) is 12.4. The molecule has 0 aromatic carbocycles. The number of ketones is 1. The Labute approximate surface area is 139 Å². The summed E-state index contributed by atoms with van der Waals surface area (Å²) in [5, 5.41) is 0. The summed E-state index contributed by atoms with van der Waals surface area (Å²) >= 11 is 0. The molecule has 0 aliphatic heterocycles. The molecule has 0 saturated heterocycles. The second-order valence-electron chi connectivity index (χ2n) is 6.82. The molecule has 0 aromatic rings. The lowest BCUT2D eigenvalue weighted by Gasteiger charge is -2.33. The third kappa shape index (κ3) is 4.67. The van der Waals surface area contributed by atoms with E-state index in [0.717, 1.165) is 37.0 Å². The van der Waals surface area contributed by atoms with Gasteiger partial charge in [-0.05, 0) is 31.9 Å². The van der Waals surface area contributed by atoms with Crippen molar-refractivity contribution in [2.45, 2.75) is 64.4 Å². The molecule has 0 radical (unpaired) electrons. The van der Waals surface area contributed by atoms with E-state index in [1.54, 1.807) is 14.2 Å². The molecule has 1 fully saturated rings. The predicted octanol–water partition coefficient (Wildman–Crippen LogP) is 4.16. The lowest BCUT2D eigenvalue weighted by atomic mass is 9.72. The van der Waals surface area contributed by atoms with Crippen molar-refractivity contribution in [3.8, 4) is 0 Å². The van der Waals surface area contributed by atoms with Crippen LogP contribution >= 0.6 is 0 Å². The number of methoxy groups -OCH3 is 2. The fraction of sp³-hybridized carbons (Fsp3) is 0.737.